The number of hydrogen-bond donors (Lipinski definition) is 1. The van der Waals surface area contributed by atoms with Crippen LogP contribution in [-0.2, 0) is 4.74 Å². The van der Waals surface area contributed by atoms with E-state index >= 15 is 0 Å². The summed E-state index contributed by atoms with van der Waals surface area (Å²) in [6, 6.07) is 0.250. The minimum Gasteiger partial charge on any atom is -0.382 e. The van der Waals surface area contributed by atoms with Crippen molar-refractivity contribution < 1.29 is 4.74 Å². The summed E-state index contributed by atoms with van der Waals surface area (Å²) in [6.45, 7) is 6.65. The molecule has 1 N–H and O–H groups in total. The molecule has 0 saturated heterocycles. The van der Waals surface area contributed by atoms with E-state index in [4.69, 9.17) is 4.74 Å². The molecule has 1 aromatic heterocycles. The van der Waals surface area contributed by atoms with Crippen LogP contribution in [0.3, 0.4) is 0 Å². The van der Waals surface area contributed by atoms with Crippen molar-refractivity contribution in [3.8, 4) is 0 Å². The average molecular weight is 209 g/mol. The maximum absolute atomic E-state index is 5.25. The molecule has 1 unspecified atom stereocenters. The van der Waals surface area contributed by atoms with E-state index in [2.05, 4.69) is 22.2 Å². The summed E-state index contributed by atoms with van der Waals surface area (Å²) in [5, 5.41) is 3.38. The Kier molecular flexibility index (Phi) is 5.88. The average Bonchev–Trinajstić information content (AvgIpc) is 2.30. The molecule has 0 spiro atoms. The number of nitrogens with one attached hydrogen (secondary N) is 1. The zero-order chi connectivity index (χ0) is 10.9. The van der Waals surface area contributed by atoms with Crippen molar-refractivity contribution in [1.82, 2.24) is 15.3 Å². The molecule has 1 rings (SSSR count). The standard InChI is InChI=1S/C11H19N3O/c1-3-15-8-4-5-13-10(2)11-9-12-6-7-14-11/h6-7,9-10,13H,3-5,8H2,1-2H3. The molecule has 4 nitrogen and oxygen atoms in total. The van der Waals surface area contributed by atoms with E-state index in [1.54, 1.807) is 18.6 Å². The number of hydrogen-bond acceptors (Lipinski definition) is 4. The van der Waals surface area contributed by atoms with Crippen LogP contribution in [0.2, 0.25) is 0 Å². The molecule has 0 bridgehead atoms. The number of ether oxygens (including phenoxy) is 1. The van der Waals surface area contributed by atoms with Gasteiger partial charge in [-0.25, -0.2) is 0 Å². The third-order valence-corrected chi connectivity index (χ3v) is 2.15. The van der Waals surface area contributed by atoms with Gasteiger partial charge in [0, 0.05) is 37.8 Å². The van der Waals surface area contributed by atoms with Crippen LogP contribution < -0.4 is 5.32 Å². The van der Waals surface area contributed by atoms with Crippen LogP contribution in [0.15, 0.2) is 18.6 Å². The van der Waals surface area contributed by atoms with Gasteiger partial charge >= 0.3 is 0 Å². The van der Waals surface area contributed by atoms with Crippen LogP contribution in [0.5, 0.6) is 0 Å². The van der Waals surface area contributed by atoms with E-state index in [0.717, 1.165) is 31.9 Å². The Morgan fingerprint density at radius 2 is 2.33 bits per heavy atom. The fourth-order valence-electron chi connectivity index (χ4n) is 1.28. The predicted molar refractivity (Wildman–Crippen MR) is 59.6 cm³/mol. The normalized spacial score (nSPS) is 12.7. The van der Waals surface area contributed by atoms with Gasteiger partial charge in [0.15, 0.2) is 0 Å². The Bertz CT molecular complexity index is 253. The molecule has 84 valence electrons. The summed E-state index contributed by atoms with van der Waals surface area (Å²) in [6.07, 6.45) is 6.22. The topological polar surface area (TPSA) is 47.0 Å². The minimum atomic E-state index is 0.250. The minimum absolute atomic E-state index is 0.250. The molecule has 0 aliphatic rings. The Morgan fingerprint density at radius 3 is 3.00 bits per heavy atom. The van der Waals surface area contributed by atoms with Gasteiger partial charge in [0.2, 0.25) is 0 Å². The number of rotatable bonds is 7. The van der Waals surface area contributed by atoms with E-state index in [9.17, 15) is 0 Å². The summed E-state index contributed by atoms with van der Waals surface area (Å²) in [4.78, 5) is 8.27. The maximum atomic E-state index is 5.25. The van der Waals surface area contributed by atoms with Crippen LogP contribution in [0.1, 0.15) is 32.0 Å². The Hall–Kier alpha value is -1.00. The molecule has 1 atom stereocenters. The SMILES string of the molecule is CCOCCCNC(C)c1cnccn1. The monoisotopic (exact) mass is 209 g/mol. The Balaban J connectivity index is 2.16. The second-order valence-corrected chi connectivity index (χ2v) is 3.36. The first-order chi connectivity index (χ1) is 7.34. The molecule has 0 aliphatic carbocycles. The number of nitrogens with zero attached hydrogens (tertiary/aromatic N) is 2. The van der Waals surface area contributed by atoms with Gasteiger partial charge in [-0.15, -0.1) is 0 Å². The lowest BCUT2D eigenvalue weighted by atomic mass is 10.2. The molecule has 1 aromatic rings. The van der Waals surface area contributed by atoms with Crippen molar-refractivity contribution in [3.05, 3.63) is 24.3 Å². The zero-order valence-electron chi connectivity index (χ0n) is 9.44. The van der Waals surface area contributed by atoms with E-state index in [0.29, 0.717) is 0 Å². The van der Waals surface area contributed by atoms with Crippen LogP contribution >= 0.6 is 0 Å². The molecule has 4 heteroatoms. The molecule has 0 radical (unpaired) electrons. The second-order valence-electron chi connectivity index (χ2n) is 3.36. The summed E-state index contributed by atoms with van der Waals surface area (Å²) in [5.74, 6) is 0. The molecule has 0 fully saturated rings. The second kappa shape index (κ2) is 7.31. The number of aromatic nitrogens is 2. The Labute approximate surface area is 91.1 Å². The summed E-state index contributed by atoms with van der Waals surface area (Å²) in [7, 11) is 0. The van der Waals surface area contributed by atoms with Gasteiger partial charge in [0.1, 0.15) is 0 Å². The maximum Gasteiger partial charge on any atom is 0.0753 e. The Morgan fingerprint density at radius 1 is 1.47 bits per heavy atom. The van der Waals surface area contributed by atoms with Gasteiger partial charge in [-0.05, 0) is 26.8 Å². The van der Waals surface area contributed by atoms with E-state index in [-0.39, 0.29) is 6.04 Å². The zero-order valence-corrected chi connectivity index (χ0v) is 9.44. The van der Waals surface area contributed by atoms with Crippen molar-refractivity contribution in [3.63, 3.8) is 0 Å². The third-order valence-electron chi connectivity index (χ3n) is 2.15. The molecule has 0 aromatic carbocycles. The van der Waals surface area contributed by atoms with Crippen molar-refractivity contribution >= 4 is 0 Å². The molecule has 0 saturated carbocycles. The molecule has 15 heavy (non-hydrogen) atoms. The van der Waals surface area contributed by atoms with Gasteiger partial charge in [0.25, 0.3) is 0 Å². The van der Waals surface area contributed by atoms with Crippen molar-refractivity contribution in [2.75, 3.05) is 19.8 Å². The van der Waals surface area contributed by atoms with Gasteiger partial charge in [0.05, 0.1) is 5.69 Å². The smallest absolute Gasteiger partial charge is 0.0753 e. The van der Waals surface area contributed by atoms with Crippen LogP contribution in [0.25, 0.3) is 0 Å². The molecule has 0 amide bonds. The first kappa shape index (κ1) is 12.1. The summed E-state index contributed by atoms with van der Waals surface area (Å²) < 4.78 is 5.25. The fourth-order valence-corrected chi connectivity index (χ4v) is 1.28. The first-order valence-corrected chi connectivity index (χ1v) is 5.41. The largest absolute Gasteiger partial charge is 0.382 e. The highest BCUT2D eigenvalue weighted by atomic mass is 16.5. The van der Waals surface area contributed by atoms with Crippen molar-refractivity contribution in [2.24, 2.45) is 0 Å². The van der Waals surface area contributed by atoms with Crippen LogP contribution in [0.4, 0.5) is 0 Å². The van der Waals surface area contributed by atoms with Gasteiger partial charge in [-0.1, -0.05) is 0 Å². The van der Waals surface area contributed by atoms with Gasteiger partial charge in [-0.2, -0.15) is 0 Å². The highest BCUT2D eigenvalue weighted by Gasteiger charge is 2.04. The van der Waals surface area contributed by atoms with Gasteiger partial charge < -0.3 is 10.1 Å². The summed E-state index contributed by atoms with van der Waals surface area (Å²) in [5.41, 5.74) is 0.980. The first-order valence-electron chi connectivity index (χ1n) is 5.41. The quantitative estimate of drug-likeness (QED) is 0.692. The van der Waals surface area contributed by atoms with E-state index < -0.39 is 0 Å². The molecular weight excluding hydrogens is 190 g/mol. The molecule has 1 heterocycles. The van der Waals surface area contributed by atoms with E-state index in [1.807, 2.05) is 6.92 Å². The third kappa shape index (κ3) is 4.85. The molecular formula is C11H19N3O. The van der Waals surface area contributed by atoms with Crippen molar-refractivity contribution in [2.45, 2.75) is 26.3 Å². The van der Waals surface area contributed by atoms with Crippen LogP contribution in [-0.4, -0.2) is 29.7 Å². The lowest BCUT2D eigenvalue weighted by Gasteiger charge is -2.12. The predicted octanol–water partition coefficient (Wildman–Crippen LogP) is 1.55. The molecule has 0 aliphatic heterocycles. The fraction of sp³-hybridized carbons (Fsp3) is 0.636. The van der Waals surface area contributed by atoms with Gasteiger partial charge in [-0.3, -0.25) is 9.97 Å². The summed E-state index contributed by atoms with van der Waals surface area (Å²) >= 11 is 0. The van der Waals surface area contributed by atoms with Crippen molar-refractivity contribution in [1.29, 1.82) is 0 Å². The lowest BCUT2D eigenvalue weighted by molar-refractivity contribution is 0.144. The lowest BCUT2D eigenvalue weighted by Crippen LogP contribution is -2.21. The van der Waals surface area contributed by atoms with Crippen LogP contribution in [0, 0.1) is 0 Å². The highest BCUT2D eigenvalue weighted by Crippen LogP contribution is 2.05. The van der Waals surface area contributed by atoms with E-state index in [1.165, 1.54) is 0 Å². The highest BCUT2D eigenvalue weighted by molar-refractivity contribution is 5.00.